The van der Waals surface area contributed by atoms with Crippen LogP contribution in [-0.2, 0) is 4.79 Å². The smallest absolute Gasteiger partial charge is 0.252 e. The van der Waals surface area contributed by atoms with Gasteiger partial charge in [-0.15, -0.1) is 0 Å². The number of carbonyl (C=O) groups is 2. The number of benzene rings is 2. The van der Waals surface area contributed by atoms with E-state index in [0.29, 0.717) is 18.5 Å². The number of amides is 2. The average molecular weight is 326 g/mol. The van der Waals surface area contributed by atoms with Gasteiger partial charge in [0.2, 0.25) is 5.91 Å². The van der Waals surface area contributed by atoms with Crippen molar-refractivity contribution in [2.24, 2.45) is 0 Å². The molecular formula is C18H18N2O2S. The molecule has 0 bridgehead atoms. The van der Waals surface area contributed by atoms with Gasteiger partial charge in [-0.3, -0.25) is 9.59 Å². The molecule has 0 aliphatic carbocycles. The standard InChI is InChI=1S/C18H18N2O2S/c1-20-12-13(11-17(20)21)19-18(22)15-9-5-6-10-16(15)23-14-7-3-2-4-8-14/h2-10,13H,11-12H2,1H3,(H,19,22)/t13-/m0/s1. The lowest BCUT2D eigenvalue weighted by atomic mass is 10.2. The van der Waals surface area contributed by atoms with E-state index in [1.165, 1.54) is 0 Å². The van der Waals surface area contributed by atoms with E-state index >= 15 is 0 Å². The zero-order valence-corrected chi connectivity index (χ0v) is 13.7. The van der Waals surface area contributed by atoms with Crippen molar-refractivity contribution < 1.29 is 9.59 Å². The van der Waals surface area contributed by atoms with Gasteiger partial charge in [0.05, 0.1) is 11.6 Å². The summed E-state index contributed by atoms with van der Waals surface area (Å²) in [5, 5.41) is 2.97. The van der Waals surface area contributed by atoms with Gasteiger partial charge in [0.25, 0.3) is 5.91 Å². The molecule has 23 heavy (non-hydrogen) atoms. The summed E-state index contributed by atoms with van der Waals surface area (Å²) in [5.41, 5.74) is 0.642. The minimum atomic E-state index is -0.128. The van der Waals surface area contributed by atoms with Gasteiger partial charge in [-0.05, 0) is 24.3 Å². The maximum atomic E-state index is 12.6. The van der Waals surface area contributed by atoms with Crippen LogP contribution in [-0.4, -0.2) is 36.3 Å². The highest BCUT2D eigenvalue weighted by Crippen LogP contribution is 2.30. The molecule has 4 nitrogen and oxygen atoms in total. The molecule has 1 N–H and O–H groups in total. The highest BCUT2D eigenvalue weighted by molar-refractivity contribution is 7.99. The van der Waals surface area contributed by atoms with E-state index in [-0.39, 0.29) is 17.9 Å². The SMILES string of the molecule is CN1C[C@@H](NC(=O)c2ccccc2Sc2ccccc2)CC1=O. The van der Waals surface area contributed by atoms with E-state index in [1.807, 2.05) is 54.6 Å². The second-order valence-electron chi connectivity index (χ2n) is 5.56. The van der Waals surface area contributed by atoms with Crippen molar-refractivity contribution in [1.82, 2.24) is 10.2 Å². The first kappa shape index (κ1) is 15.6. The van der Waals surface area contributed by atoms with Crippen LogP contribution >= 0.6 is 11.8 Å². The molecule has 1 fully saturated rings. The van der Waals surface area contributed by atoms with Crippen LogP contribution in [0.25, 0.3) is 0 Å². The fraction of sp³-hybridized carbons (Fsp3) is 0.222. The van der Waals surface area contributed by atoms with Crippen molar-refractivity contribution in [2.75, 3.05) is 13.6 Å². The van der Waals surface area contributed by atoms with Crippen LogP contribution in [0.5, 0.6) is 0 Å². The zero-order valence-electron chi connectivity index (χ0n) is 12.9. The third-order valence-electron chi connectivity index (χ3n) is 3.78. The molecule has 0 spiro atoms. The average Bonchev–Trinajstić information content (AvgIpc) is 2.86. The molecule has 1 aliphatic rings. The first-order chi connectivity index (χ1) is 11.1. The lowest BCUT2D eigenvalue weighted by molar-refractivity contribution is -0.126. The molecule has 1 saturated heterocycles. The fourth-order valence-electron chi connectivity index (χ4n) is 2.58. The Kier molecular flexibility index (Phi) is 4.67. The number of likely N-dealkylation sites (tertiary alicyclic amines) is 1. The van der Waals surface area contributed by atoms with Crippen molar-refractivity contribution in [3.8, 4) is 0 Å². The second-order valence-corrected chi connectivity index (χ2v) is 6.68. The summed E-state index contributed by atoms with van der Waals surface area (Å²) in [6.07, 6.45) is 0.371. The van der Waals surface area contributed by atoms with Gasteiger partial charge in [0.1, 0.15) is 0 Å². The predicted molar refractivity (Wildman–Crippen MR) is 90.5 cm³/mol. The topological polar surface area (TPSA) is 49.4 Å². The van der Waals surface area contributed by atoms with Gasteiger partial charge in [-0.2, -0.15) is 0 Å². The number of hydrogen-bond acceptors (Lipinski definition) is 3. The molecule has 5 heteroatoms. The van der Waals surface area contributed by atoms with Gasteiger partial charge in [0.15, 0.2) is 0 Å². The third kappa shape index (κ3) is 3.74. The van der Waals surface area contributed by atoms with E-state index in [4.69, 9.17) is 0 Å². The van der Waals surface area contributed by atoms with E-state index in [9.17, 15) is 9.59 Å². The van der Waals surface area contributed by atoms with Crippen molar-refractivity contribution >= 4 is 23.6 Å². The summed E-state index contributed by atoms with van der Waals surface area (Å²) in [4.78, 5) is 27.8. The molecule has 0 unspecified atom stereocenters. The van der Waals surface area contributed by atoms with Crippen molar-refractivity contribution in [2.45, 2.75) is 22.3 Å². The predicted octanol–water partition coefficient (Wildman–Crippen LogP) is 2.80. The Hall–Kier alpha value is -2.27. The number of carbonyl (C=O) groups excluding carboxylic acids is 2. The Morgan fingerprint density at radius 2 is 1.83 bits per heavy atom. The van der Waals surface area contributed by atoms with Crippen LogP contribution in [0.2, 0.25) is 0 Å². The summed E-state index contributed by atoms with van der Waals surface area (Å²) < 4.78 is 0. The Morgan fingerprint density at radius 3 is 2.52 bits per heavy atom. The van der Waals surface area contributed by atoms with E-state index in [1.54, 1.807) is 23.7 Å². The lowest BCUT2D eigenvalue weighted by Crippen LogP contribution is -2.36. The van der Waals surface area contributed by atoms with E-state index in [0.717, 1.165) is 9.79 Å². The number of hydrogen-bond donors (Lipinski definition) is 1. The maximum Gasteiger partial charge on any atom is 0.252 e. The van der Waals surface area contributed by atoms with Gasteiger partial charge >= 0.3 is 0 Å². The highest BCUT2D eigenvalue weighted by atomic mass is 32.2. The molecule has 0 aromatic heterocycles. The molecule has 0 saturated carbocycles. The first-order valence-electron chi connectivity index (χ1n) is 7.50. The Morgan fingerprint density at radius 1 is 1.13 bits per heavy atom. The largest absolute Gasteiger partial charge is 0.347 e. The van der Waals surface area contributed by atoms with Crippen molar-refractivity contribution in [1.29, 1.82) is 0 Å². The van der Waals surface area contributed by atoms with Gasteiger partial charge in [0, 0.05) is 29.8 Å². The summed E-state index contributed by atoms with van der Waals surface area (Å²) >= 11 is 1.56. The highest BCUT2D eigenvalue weighted by Gasteiger charge is 2.28. The zero-order chi connectivity index (χ0) is 16.2. The molecule has 1 atom stereocenters. The maximum absolute atomic E-state index is 12.6. The number of rotatable bonds is 4. The second kappa shape index (κ2) is 6.87. The number of nitrogens with one attached hydrogen (secondary N) is 1. The molecule has 2 aromatic carbocycles. The molecule has 1 heterocycles. The molecule has 1 aliphatic heterocycles. The molecule has 2 aromatic rings. The van der Waals surface area contributed by atoms with Crippen LogP contribution in [0.15, 0.2) is 64.4 Å². The normalized spacial score (nSPS) is 17.3. The summed E-state index contributed by atoms with van der Waals surface area (Å²) in [6.45, 7) is 0.568. The molecule has 3 rings (SSSR count). The van der Waals surface area contributed by atoms with Crippen LogP contribution < -0.4 is 5.32 Å². The van der Waals surface area contributed by atoms with Gasteiger partial charge in [-0.25, -0.2) is 0 Å². The van der Waals surface area contributed by atoms with Crippen LogP contribution in [0.1, 0.15) is 16.8 Å². The van der Waals surface area contributed by atoms with Crippen LogP contribution in [0.4, 0.5) is 0 Å². The summed E-state index contributed by atoms with van der Waals surface area (Å²) in [6, 6.07) is 17.4. The summed E-state index contributed by atoms with van der Waals surface area (Å²) in [5.74, 6) is -0.0561. The fourth-order valence-corrected chi connectivity index (χ4v) is 3.55. The minimum Gasteiger partial charge on any atom is -0.347 e. The van der Waals surface area contributed by atoms with Gasteiger partial charge < -0.3 is 10.2 Å². The minimum absolute atomic E-state index is 0.0715. The molecule has 2 amide bonds. The number of nitrogens with zero attached hydrogens (tertiary/aromatic N) is 1. The van der Waals surface area contributed by atoms with Crippen molar-refractivity contribution in [3.63, 3.8) is 0 Å². The monoisotopic (exact) mass is 326 g/mol. The number of likely N-dealkylation sites (N-methyl/N-ethyl adjacent to an activating group) is 1. The lowest BCUT2D eigenvalue weighted by Gasteiger charge is -2.14. The quantitative estimate of drug-likeness (QED) is 0.940. The first-order valence-corrected chi connectivity index (χ1v) is 8.32. The van der Waals surface area contributed by atoms with E-state index in [2.05, 4.69) is 5.32 Å². The third-order valence-corrected chi connectivity index (χ3v) is 4.86. The molecular weight excluding hydrogens is 308 g/mol. The molecule has 0 radical (unpaired) electrons. The van der Waals surface area contributed by atoms with E-state index < -0.39 is 0 Å². The molecule has 118 valence electrons. The van der Waals surface area contributed by atoms with Crippen LogP contribution in [0, 0.1) is 0 Å². The van der Waals surface area contributed by atoms with Crippen LogP contribution in [0.3, 0.4) is 0 Å². The Labute approximate surface area is 139 Å². The van der Waals surface area contributed by atoms with Crippen molar-refractivity contribution in [3.05, 3.63) is 60.2 Å². The Balaban J connectivity index is 1.75. The summed E-state index contributed by atoms with van der Waals surface area (Å²) in [7, 11) is 1.76. The Bertz CT molecular complexity index is 718. The van der Waals surface area contributed by atoms with Gasteiger partial charge in [-0.1, -0.05) is 42.1 Å².